The second kappa shape index (κ2) is 7.84. The molecule has 0 unspecified atom stereocenters. The lowest BCUT2D eigenvalue weighted by Gasteiger charge is -2.29. The van der Waals surface area contributed by atoms with Crippen molar-refractivity contribution in [1.82, 2.24) is 24.4 Å². The number of pyridine rings is 1. The number of carbonyl (C=O) groups is 1. The van der Waals surface area contributed by atoms with E-state index in [2.05, 4.69) is 26.7 Å². The Labute approximate surface area is 178 Å². The summed E-state index contributed by atoms with van der Waals surface area (Å²) >= 11 is 1.54. The Kier molecular flexibility index (Phi) is 4.88. The first-order valence-corrected chi connectivity index (χ1v) is 10.8. The molecule has 0 saturated carbocycles. The van der Waals surface area contributed by atoms with Crippen molar-refractivity contribution < 1.29 is 4.79 Å². The van der Waals surface area contributed by atoms with Crippen LogP contribution >= 0.6 is 11.3 Å². The van der Waals surface area contributed by atoms with E-state index in [1.165, 1.54) is 5.56 Å². The molecule has 0 N–H and O–H groups in total. The molecule has 150 valence electrons. The summed E-state index contributed by atoms with van der Waals surface area (Å²) in [5.74, 6) is 0.929. The summed E-state index contributed by atoms with van der Waals surface area (Å²) < 4.78 is 2.22. The largest absolute Gasteiger partial charge is 0.330 e. The SMILES string of the molecule is Cc1nc(-c2ccncc2)n2c1CN(C(=O)c1csc(Cc3ccccc3)n1)CC2. The van der Waals surface area contributed by atoms with Gasteiger partial charge in [-0.15, -0.1) is 11.3 Å². The molecule has 0 atom stereocenters. The Bertz CT molecular complexity index is 1180. The predicted molar refractivity (Wildman–Crippen MR) is 116 cm³/mol. The van der Waals surface area contributed by atoms with Crippen LogP contribution in [0.5, 0.6) is 0 Å². The first kappa shape index (κ1) is 18.7. The third kappa shape index (κ3) is 3.52. The van der Waals surface area contributed by atoms with Gasteiger partial charge in [-0.25, -0.2) is 9.97 Å². The Morgan fingerprint density at radius 2 is 1.87 bits per heavy atom. The minimum Gasteiger partial charge on any atom is -0.330 e. The number of nitrogens with zero attached hydrogens (tertiary/aromatic N) is 5. The first-order chi connectivity index (χ1) is 14.7. The van der Waals surface area contributed by atoms with Crippen molar-refractivity contribution in [2.75, 3.05) is 6.54 Å². The zero-order valence-corrected chi connectivity index (χ0v) is 17.5. The summed E-state index contributed by atoms with van der Waals surface area (Å²) in [6, 6.07) is 14.1. The van der Waals surface area contributed by atoms with Crippen LogP contribution in [-0.2, 0) is 19.5 Å². The maximum absolute atomic E-state index is 13.1. The van der Waals surface area contributed by atoms with Gasteiger partial charge in [0.05, 0.1) is 22.9 Å². The van der Waals surface area contributed by atoms with Crippen LogP contribution in [0.2, 0.25) is 0 Å². The van der Waals surface area contributed by atoms with E-state index in [1.54, 1.807) is 23.7 Å². The van der Waals surface area contributed by atoms with Crippen molar-refractivity contribution >= 4 is 17.2 Å². The molecule has 30 heavy (non-hydrogen) atoms. The molecule has 6 nitrogen and oxygen atoms in total. The molecule has 1 aliphatic heterocycles. The van der Waals surface area contributed by atoms with E-state index < -0.39 is 0 Å². The van der Waals surface area contributed by atoms with Crippen LogP contribution in [0.1, 0.15) is 32.4 Å². The average molecular weight is 416 g/mol. The maximum Gasteiger partial charge on any atom is 0.273 e. The zero-order chi connectivity index (χ0) is 20.5. The Balaban J connectivity index is 1.34. The first-order valence-electron chi connectivity index (χ1n) is 9.93. The summed E-state index contributed by atoms with van der Waals surface area (Å²) in [4.78, 5) is 28.4. The number of imidazole rings is 1. The van der Waals surface area contributed by atoms with Gasteiger partial charge in [-0.3, -0.25) is 9.78 Å². The van der Waals surface area contributed by atoms with Crippen molar-refractivity contribution in [2.24, 2.45) is 0 Å². The summed E-state index contributed by atoms with van der Waals surface area (Å²) in [6.07, 6.45) is 4.31. The number of fused-ring (bicyclic) bond motifs is 1. The fourth-order valence-corrected chi connectivity index (χ4v) is 4.65. The molecule has 3 aromatic heterocycles. The fourth-order valence-electron chi connectivity index (χ4n) is 3.85. The number of thiazole rings is 1. The standard InChI is InChI=1S/C23H21N5OS/c1-16-20-14-27(11-12-28(20)22(25-16)18-7-9-24-10-8-18)23(29)19-15-30-21(26-19)13-17-5-3-2-4-6-17/h2-10,15H,11-14H2,1H3. The molecule has 4 aromatic rings. The highest BCUT2D eigenvalue weighted by atomic mass is 32.1. The van der Waals surface area contributed by atoms with Crippen LogP contribution in [0.4, 0.5) is 0 Å². The molecule has 1 amide bonds. The highest BCUT2D eigenvalue weighted by molar-refractivity contribution is 7.09. The predicted octanol–water partition coefficient (Wildman–Crippen LogP) is 3.96. The van der Waals surface area contributed by atoms with Gasteiger partial charge in [-0.1, -0.05) is 30.3 Å². The number of carbonyl (C=O) groups excluding carboxylic acids is 1. The van der Waals surface area contributed by atoms with Gasteiger partial charge < -0.3 is 9.47 Å². The van der Waals surface area contributed by atoms with Crippen molar-refractivity contribution in [3.63, 3.8) is 0 Å². The van der Waals surface area contributed by atoms with Crippen molar-refractivity contribution in [1.29, 1.82) is 0 Å². The average Bonchev–Trinajstić information content (AvgIpc) is 3.39. The van der Waals surface area contributed by atoms with Gasteiger partial charge >= 0.3 is 0 Å². The number of hydrogen-bond donors (Lipinski definition) is 0. The van der Waals surface area contributed by atoms with Gasteiger partial charge in [-0.2, -0.15) is 0 Å². The van der Waals surface area contributed by atoms with Gasteiger partial charge in [0.15, 0.2) is 0 Å². The lowest BCUT2D eigenvalue weighted by molar-refractivity contribution is 0.0706. The normalized spacial score (nSPS) is 13.3. The van der Waals surface area contributed by atoms with Crippen molar-refractivity contribution in [2.45, 2.75) is 26.4 Å². The van der Waals surface area contributed by atoms with Crippen LogP contribution in [0.3, 0.4) is 0 Å². The number of aromatic nitrogens is 4. The molecular formula is C23H21N5OS. The highest BCUT2D eigenvalue weighted by Crippen LogP contribution is 2.27. The summed E-state index contributed by atoms with van der Waals surface area (Å²) in [6.45, 7) is 3.92. The molecule has 0 spiro atoms. The molecule has 0 bridgehead atoms. The van der Waals surface area contributed by atoms with Crippen LogP contribution in [0.15, 0.2) is 60.2 Å². The quantitative estimate of drug-likeness (QED) is 0.506. The minimum atomic E-state index is -0.0112. The third-order valence-corrected chi connectivity index (χ3v) is 6.25. The van der Waals surface area contributed by atoms with E-state index in [-0.39, 0.29) is 5.91 Å². The number of aryl methyl sites for hydroxylation is 1. The Hall–Kier alpha value is -3.32. The maximum atomic E-state index is 13.1. The van der Waals surface area contributed by atoms with E-state index in [9.17, 15) is 4.79 Å². The monoisotopic (exact) mass is 415 g/mol. The van der Waals surface area contributed by atoms with E-state index >= 15 is 0 Å². The Morgan fingerprint density at radius 3 is 2.67 bits per heavy atom. The zero-order valence-electron chi connectivity index (χ0n) is 16.7. The van der Waals surface area contributed by atoms with E-state index in [0.717, 1.165) is 40.7 Å². The smallest absolute Gasteiger partial charge is 0.273 e. The van der Waals surface area contributed by atoms with Crippen LogP contribution in [-0.4, -0.2) is 36.9 Å². The molecule has 0 aliphatic carbocycles. The molecule has 1 aliphatic rings. The molecule has 7 heteroatoms. The molecule has 0 fully saturated rings. The van der Waals surface area contributed by atoms with Gasteiger partial charge in [0.2, 0.25) is 0 Å². The number of hydrogen-bond acceptors (Lipinski definition) is 5. The van der Waals surface area contributed by atoms with Crippen molar-refractivity contribution in [3.8, 4) is 11.4 Å². The van der Waals surface area contributed by atoms with Crippen LogP contribution in [0, 0.1) is 6.92 Å². The molecule has 5 rings (SSSR count). The Morgan fingerprint density at radius 1 is 1.07 bits per heavy atom. The molecular weight excluding hydrogens is 394 g/mol. The van der Waals surface area contributed by atoms with Gasteiger partial charge in [0, 0.05) is 42.8 Å². The molecule has 0 saturated heterocycles. The summed E-state index contributed by atoms with van der Waals surface area (Å²) in [7, 11) is 0. The second-order valence-electron chi connectivity index (χ2n) is 7.37. The highest BCUT2D eigenvalue weighted by Gasteiger charge is 2.27. The van der Waals surface area contributed by atoms with E-state index in [1.807, 2.05) is 47.5 Å². The number of benzene rings is 1. The third-order valence-electron chi connectivity index (χ3n) is 5.40. The lowest BCUT2D eigenvalue weighted by atomic mass is 10.2. The molecule has 1 aromatic carbocycles. The van der Waals surface area contributed by atoms with Gasteiger partial charge in [-0.05, 0) is 24.6 Å². The van der Waals surface area contributed by atoms with Gasteiger partial charge in [0.25, 0.3) is 5.91 Å². The second-order valence-corrected chi connectivity index (χ2v) is 8.31. The number of amides is 1. The van der Waals surface area contributed by atoms with Crippen molar-refractivity contribution in [3.05, 3.63) is 87.9 Å². The van der Waals surface area contributed by atoms with E-state index in [4.69, 9.17) is 4.98 Å². The van der Waals surface area contributed by atoms with E-state index in [0.29, 0.717) is 18.8 Å². The van der Waals surface area contributed by atoms with Crippen LogP contribution in [0.25, 0.3) is 11.4 Å². The summed E-state index contributed by atoms with van der Waals surface area (Å²) in [5.41, 5.74) is 4.82. The van der Waals surface area contributed by atoms with Gasteiger partial charge in [0.1, 0.15) is 11.5 Å². The lowest BCUT2D eigenvalue weighted by Crippen LogP contribution is -2.38. The minimum absolute atomic E-state index is 0.0112. The molecule has 0 radical (unpaired) electrons. The number of rotatable bonds is 4. The fraction of sp³-hybridized carbons (Fsp3) is 0.217. The summed E-state index contributed by atoms with van der Waals surface area (Å²) in [5, 5.41) is 2.84. The topological polar surface area (TPSA) is 63.9 Å². The van der Waals surface area contributed by atoms with Crippen LogP contribution < -0.4 is 0 Å². The molecule has 4 heterocycles.